The zero-order valence-corrected chi connectivity index (χ0v) is 16.4. The van der Waals surface area contributed by atoms with E-state index in [4.69, 9.17) is 4.74 Å². The van der Waals surface area contributed by atoms with Crippen LogP contribution in [-0.2, 0) is 21.4 Å². The van der Waals surface area contributed by atoms with Gasteiger partial charge in [0.05, 0.1) is 23.9 Å². The first-order valence-corrected chi connectivity index (χ1v) is 10.0. The largest absolute Gasteiger partial charge is 0.449 e. The van der Waals surface area contributed by atoms with Gasteiger partial charge in [-0.3, -0.25) is 9.69 Å². The van der Waals surface area contributed by atoms with Crippen molar-refractivity contribution in [3.63, 3.8) is 0 Å². The van der Waals surface area contributed by atoms with Gasteiger partial charge in [-0.1, -0.05) is 18.6 Å². The van der Waals surface area contributed by atoms with Crippen LogP contribution in [0, 0.1) is 5.82 Å². The van der Waals surface area contributed by atoms with Crippen LogP contribution >= 0.6 is 0 Å². The molecule has 2 aliphatic rings. The number of carbonyl (C=O) groups is 2. The fourth-order valence-corrected chi connectivity index (χ4v) is 4.15. The van der Waals surface area contributed by atoms with Crippen LogP contribution in [0.1, 0.15) is 43.7 Å². The number of ether oxygens (including phenoxy) is 1. The second kappa shape index (κ2) is 7.81. The normalized spacial score (nSPS) is 17.1. The van der Waals surface area contributed by atoms with Gasteiger partial charge in [0.25, 0.3) is 0 Å². The highest BCUT2D eigenvalue weighted by molar-refractivity contribution is 5.99. The molecular formula is C22H24FN3O3. The van der Waals surface area contributed by atoms with Crippen molar-refractivity contribution in [1.29, 1.82) is 0 Å². The van der Waals surface area contributed by atoms with Gasteiger partial charge >= 0.3 is 6.09 Å². The standard InChI is InChI=1S/C22H24FN3O3/c1-2-29-21(28)26-12-3-5-15-13-16(6-8-18(15)26)22(10-4-11-22)20(27)25-19-9-7-17(23)14-24-19/h6-9,13-14H,2-5,10-12H2,1H3,(H,24,25,27). The van der Waals surface area contributed by atoms with E-state index in [1.165, 1.54) is 12.1 Å². The fourth-order valence-electron chi connectivity index (χ4n) is 4.15. The molecule has 1 aliphatic carbocycles. The predicted molar refractivity (Wildman–Crippen MR) is 107 cm³/mol. The summed E-state index contributed by atoms with van der Waals surface area (Å²) in [5.41, 5.74) is 2.25. The van der Waals surface area contributed by atoms with E-state index in [9.17, 15) is 14.0 Å². The van der Waals surface area contributed by atoms with Crippen molar-refractivity contribution < 1.29 is 18.7 Å². The van der Waals surface area contributed by atoms with Crippen LogP contribution in [0.25, 0.3) is 0 Å². The molecule has 7 heteroatoms. The van der Waals surface area contributed by atoms with Crippen molar-refractivity contribution in [3.05, 3.63) is 53.5 Å². The first-order chi connectivity index (χ1) is 14.0. The number of aryl methyl sites for hydroxylation is 1. The van der Waals surface area contributed by atoms with Gasteiger partial charge in [-0.25, -0.2) is 14.2 Å². The van der Waals surface area contributed by atoms with E-state index in [2.05, 4.69) is 16.4 Å². The van der Waals surface area contributed by atoms with Crippen molar-refractivity contribution in [2.24, 2.45) is 0 Å². The number of pyridine rings is 1. The maximum absolute atomic E-state index is 13.1. The minimum Gasteiger partial charge on any atom is -0.449 e. The topological polar surface area (TPSA) is 71.5 Å². The minimum absolute atomic E-state index is 0.124. The summed E-state index contributed by atoms with van der Waals surface area (Å²) < 4.78 is 18.3. The highest BCUT2D eigenvalue weighted by atomic mass is 19.1. The number of benzene rings is 1. The van der Waals surface area contributed by atoms with Crippen LogP contribution in [0.2, 0.25) is 0 Å². The summed E-state index contributed by atoms with van der Waals surface area (Å²) in [5.74, 6) is -0.225. The summed E-state index contributed by atoms with van der Waals surface area (Å²) in [7, 11) is 0. The van der Waals surface area contributed by atoms with Crippen LogP contribution in [0.5, 0.6) is 0 Å². The quantitative estimate of drug-likeness (QED) is 0.840. The molecule has 29 heavy (non-hydrogen) atoms. The van der Waals surface area contributed by atoms with Crippen molar-refractivity contribution in [1.82, 2.24) is 4.98 Å². The molecule has 1 aliphatic heterocycles. The molecule has 2 amide bonds. The SMILES string of the molecule is CCOC(=O)N1CCCc2cc(C3(C(=O)Nc4ccc(F)cn4)CCC3)ccc21. The predicted octanol–water partition coefficient (Wildman–Crippen LogP) is 4.19. The van der Waals surface area contributed by atoms with Gasteiger partial charge in [0, 0.05) is 6.54 Å². The molecule has 2 heterocycles. The van der Waals surface area contributed by atoms with Crippen LogP contribution in [0.4, 0.5) is 20.7 Å². The molecule has 0 radical (unpaired) electrons. The Kier molecular flexibility index (Phi) is 5.22. The Labute approximate surface area is 169 Å². The molecule has 1 aromatic heterocycles. The Morgan fingerprint density at radius 1 is 1.24 bits per heavy atom. The number of nitrogens with zero attached hydrogens (tertiary/aromatic N) is 2. The summed E-state index contributed by atoms with van der Waals surface area (Å²) in [5, 5.41) is 2.83. The molecule has 1 fully saturated rings. The average Bonchev–Trinajstić information content (AvgIpc) is 2.68. The highest BCUT2D eigenvalue weighted by Crippen LogP contribution is 2.46. The molecule has 0 spiro atoms. The summed E-state index contributed by atoms with van der Waals surface area (Å²) >= 11 is 0. The molecule has 2 aromatic rings. The smallest absolute Gasteiger partial charge is 0.414 e. The maximum Gasteiger partial charge on any atom is 0.414 e. The first kappa shape index (κ1) is 19.4. The zero-order valence-electron chi connectivity index (χ0n) is 16.4. The number of fused-ring (bicyclic) bond motifs is 1. The minimum atomic E-state index is -0.614. The molecule has 1 aromatic carbocycles. The van der Waals surface area contributed by atoms with Crippen LogP contribution in [0.15, 0.2) is 36.5 Å². The van der Waals surface area contributed by atoms with Crippen molar-refractivity contribution >= 4 is 23.5 Å². The van der Waals surface area contributed by atoms with Crippen molar-refractivity contribution in [2.75, 3.05) is 23.4 Å². The molecule has 1 N–H and O–H groups in total. The van der Waals surface area contributed by atoms with Gasteiger partial charge in [0.15, 0.2) is 0 Å². The van der Waals surface area contributed by atoms with Crippen molar-refractivity contribution in [2.45, 2.75) is 44.4 Å². The molecule has 6 nitrogen and oxygen atoms in total. The number of halogens is 1. The Morgan fingerprint density at radius 2 is 2.07 bits per heavy atom. The number of nitrogens with one attached hydrogen (secondary N) is 1. The molecule has 1 saturated carbocycles. The monoisotopic (exact) mass is 397 g/mol. The number of anilines is 2. The Balaban J connectivity index is 1.60. The second-order valence-electron chi connectivity index (χ2n) is 7.55. The first-order valence-electron chi connectivity index (χ1n) is 10.0. The number of amides is 2. The Bertz CT molecular complexity index is 925. The molecule has 0 saturated heterocycles. The summed E-state index contributed by atoms with van der Waals surface area (Å²) in [6.45, 7) is 2.76. The summed E-state index contributed by atoms with van der Waals surface area (Å²) in [6.07, 6.45) is 4.94. The number of hydrogen-bond acceptors (Lipinski definition) is 4. The van der Waals surface area contributed by atoms with E-state index < -0.39 is 11.2 Å². The fraction of sp³-hybridized carbons (Fsp3) is 0.409. The number of rotatable bonds is 4. The Morgan fingerprint density at radius 3 is 2.72 bits per heavy atom. The number of aromatic nitrogens is 1. The molecule has 0 unspecified atom stereocenters. The Hall–Kier alpha value is -2.96. The molecule has 4 rings (SSSR count). The van der Waals surface area contributed by atoms with E-state index in [1.54, 1.807) is 11.8 Å². The summed E-state index contributed by atoms with van der Waals surface area (Å²) in [4.78, 5) is 31.0. The van der Waals surface area contributed by atoms with E-state index in [0.717, 1.165) is 55.1 Å². The lowest BCUT2D eigenvalue weighted by Crippen LogP contribution is -2.46. The van der Waals surface area contributed by atoms with E-state index in [1.807, 2.05) is 12.1 Å². The lowest BCUT2D eigenvalue weighted by Gasteiger charge is -2.41. The van der Waals surface area contributed by atoms with Gasteiger partial charge in [-0.2, -0.15) is 0 Å². The average molecular weight is 397 g/mol. The summed E-state index contributed by atoms with van der Waals surface area (Å²) in [6, 6.07) is 8.65. The third-order valence-electron chi connectivity index (χ3n) is 5.85. The van der Waals surface area contributed by atoms with Crippen LogP contribution < -0.4 is 10.2 Å². The van der Waals surface area contributed by atoms with Crippen LogP contribution in [0.3, 0.4) is 0 Å². The third-order valence-corrected chi connectivity index (χ3v) is 5.85. The van der Waals surface area contributed by atoms with E-state index in [-0.39, 0.29) is 12.0 Å². The van der Waals surface area contributed by atoms with Gasteiger partial charge in [0.1, 0.15) is 11.6 Å². The van der Waals surface area contributed by atoms with E-state index in [0.29, 0.717) is 19.0 Å². The lowest BCUT2D eigenvalue weighted by molar-refractivity contribution is -0.124. The number of carbonyl (C=O) groups excluding carboxylic acids is 2. The molecular weight excluding hydrogens is 373 g/mol. The van der Waals surface area contributed by atoms with Gasteiger partial charge in [-0.05, 0) is 61.9 Å². The van der Waals surface area contributed by atoms with Gasteiger partial charge in [0.2, 0.25) is 5.91 Å². The second-order valence-corrected chi connectivity index (χ2v) is 7.55. The lowest BCUT2D eigenvalue weighted by atomic mass is 9.63. The maximum atomic E-state index is 13.1. The van der Waals surface area contributed by atoms with Gasteiger partial charge in [-0.15, -0.1) is 0 Å². The van der Waals surface area contributed by atoms with Gasteiger partial charge < -0.3 is 10.1 Å². The molecule has 0 bridgehead atoms. The number of hydrogen-bond donors (Lipinski definition) is 1. The van der Waals surface area contributed by atoms with Crippen molar-refractivity contribution in [3.8, 4) is 0 Å². The highest BCUT2D eigenvalue weighted by Gasteiger charge is 2.46. The molecule has 0 atom stereocenters. The van der Waals surface area contributed by atoms with E-state index >= 15 is 0 Å². The van der Waals surface area contributed by atoms with Crippen LogP contribution in [-0.4, -0.2) is 30.1 Å². The zero-order chi connectivity index (χ0) is 20.4. The third kappa shape index (κ3) is 3.57. The molecule has 152 valence electrons.